The summed E-state index contributed by atoms with van der Waals surface area (Å²) in [6.45, 7) is 1.86. The van der Waals surface area contributed by atoms with Crippen LogP contribution in [0.1, 0.15) is 24.5 Å². The van der Waals surface area contributed by atoms with Gasteiger partial charge < -0.3 is 0 Å². The van der Waals surface area contributed by atoms with Crippen LogP contribution in [0, 0.1) is 40.9 Å². The second-order valence-electron chi connectivity index (χ2n) is 7.30. The first-order chi connectivity index (χ1) is 16.0. The summed E-state index contributed by atoms with van der Waals surface area (Å²) in [5, 5.41) is 0. The summed E-state index contributed by atoms with van der Waals surface area (Å²) in [7, 11) is 0. The van der Waals surface area contributed by atoms with E-state index in [4.69, 9.17) is 0 Å². The molecule has 0 nitrogen and oxygen atoms in total. The van der Waals surface area contributed by atoms with Crippen molar-refractivity contribution in [1.29, 1.82) is 0 Å². The van der Waals surface area contributed by atoms with Crippen LogP contribution in [0.25, 0.3) is 22.3 Å². The van der Waals surface area contributed by atoms with E-state index in [1.54, 1.807) is 6.07 Å². The predicted molar refractivity (Wildman–Crippen MR) is 113 cm³/mol. The van der Waals surface area contributed by atoms with Gasteiger partial charge in [-0.15, -0.1) is 0 Å². The van der Waals surface area contributed by atoms with Crippen LogP contribution in [0.3, 0.4) is 0 Å². The van der Waals surface area contributed by atoms with Crippen molar-refractivity contribution in [3.63, 3.8) is 0 Å². The molecule has 3 aromatic rings. The Morgan fingerprint density at radius 2 is 1.35 bits per heavy atom. The Hall–Kier alpha value is -3.60. The fraction of sp³-hybridized carbons (Fsp3) is 0.154. The molecule has 0 aliphatic rings. The summed E-state index contributed by atoms with van der Waals surface area (Å²) < 4.78 is 109. The van der Waals surface area contributed by atoms with E-state index >= 15 is 0 Å². The third kappa shape index (κ3) is 5.84. The molecule has 8 heteroatoms. The predicted octanol–water partition coefficient (Wildman–Crippen LogP) is 8.14. The zero-order chi connectivity index (χ0) is 25.0. The number of hydrogen-bond acceptors (Lipinski definition) is 0. The summed E-state index contributed by atoms with van der Waals surface area (Å²) >= 11 is 0. The average Bonchev–Trinajstić information content (AvgIpc) is 2.72. The highest BCUT2D eigenvalue weighted by atomic mass is 19.4. The third-order valence-electron chi connectivity index (χ3n) is 4.88. The first-order valence-electron chi connectivity index (χ1n) is 9.98. The van der Waals surface area contributed by atoms with Gasteiger partial charge in [-0.2, -0.15) is 13.2 Å². The smallest absolute Gasteiger partial charge is 0.206 e. The summed E-state index contributed by atoms with van der Waals surface area (Å²) in [5.41, 5.74) is -2.11. The van der Waals surface area contributed by atoms with Gasteiger partial charge in [0.2, 0.25) is 0 Å². The van der Waals surface area contributed by atoms with E-state index in [1.165, 1.54) is 18.1 Å². The molecule has 0 atom stereocenters. The first kappa shape index (κ1) is 25.0. The lowest BCUT2D eigenvalue weighted by Crippen LogP contribution is -2.03. The minimum Gasteiger partial charge on any atom is -0.206 e. The molecule has 3 rings (SSSR count). The van der Waals surface area contributed by atoms with Crippen molar-refractivity contribution in [3.8, 4) is 34.1 Å². The second-order valence-corrected chi connectivity index (χ2v) is 7.30. The highest BCUT2D eigenvalue weighted by molar-refractivity contribution is 5.73. The number of allylic oxidation sites excluding steroid dienone is 2. The number of hydrogen-bond donors (Lipinski definition) is 0. The SMILES string of the molecule is C/C=C/CCc1ccc(-c2cc(F)c(-c3cc(F)c(C#CC(F)(F)F)c(F)c3)c(F)c2)c(F)c1. The number of benzene rings is 3. The van der Waals surface area contributed by atoms with Gasteiger partial charge in [0.15, 0.2) is 0 Å². The molecule has 0 aliphatic carbocycles. The van der Waals surface area contributed by atoms with E-state index in [0.717, 1.165) is 18.1 Å². The van der Waals surface area contributed by atoms with Crippen LogP contribution in [0.4, 0.5) is 35.1 Å². The van der Waals surface area contributed by atoms with Gasteiger partial charge in [0.05, 0.1) is 11.1 Å². The molecule has 0 saturated carbocycles. The van der Waals surface area contributed by atoms with Gasteiger partial charge in [0, 0.05) is 11.5 Å². The molecule has 0 radical (unpaired) electrons. The van der Waals surface area contributed by atoms with Crippen molar-refractivity contribution in [2.75, 3.05) is 0 Å². The van der Waals surface area contributed by atoms with E-state index < -0.39 is 52.0 Å². The Labute approximate surface area is 190 Å². The molecule has 0 saturated heterocycles. The van der Waals surface area contributed by atoms with Gasteiger partial charge in [-0.3, -0.25) is 0 Å². The molecule has 0 heterocycles. The van der Waals surface area contributed by atoms with Crippen LogP contribution < -0.4 is 0 Å². The zero-order valence-corrected chi connectivity index (χ0v) is 17.6. The van der Waals surface area contributed by atoms with E-state index in [2.05, 4.69) is 0 Å². The van der Waals surface area contributed by atoms with Crippen LogP contribution >= 0.6 is 0 Å². The average molecular weight is 480 g/mol. The van der Waals surface area contributed by atoms with Crippen LogP contribution in [-0.4, -0.2) is 6.18 Å². The number of rotatable bonds is 5. The van der Waals surface area contributed by atoms with Crippen molar-refractivity contribution >= 4 is 0 Å². The van der Waals surface area contributed by atoms with Crippen LogP contribution in [0.5, 0.6) is 0 Å². The lowest BCUT2D eigenvalue weighted by molar-refractivity contribution is -0.0696. The van der Waals surface area contributed by atoms with E-state index in [1.807, 2.05) is 19.1 Å². The maximum Gasteiger partial charge on any atom is 0.458 e. The van der Waals surface area contributed by atoms with Gasteiger partial charge >= 0.3 is 6.18 Å². The molecule has 3 aromatic carbocycles. The Kier molecular flexibility index (Phi) is 7.45. The molecule has 0 unspecified atom stereocenters. The number of alkyl halides is 3. The molecule has 0 bridgehead atoms. The van der Waals surface area contributed by atoms with Crippen molar-refractivity contribution < 1.29 is 35.1 Å². The zero-order valence-electron chi connectivity index (χ0n) is 17.6. The normalized spacial score (nSPS) is 11.6. The van der Waals surface area contributed by atoms with Crippen molar-refractivity contribution in [2.45, 2.75) is 25.9 Å². The Morgan fingerprint density at radius 1 is 0.765 bits per heavy atom. The van der Waals surface area contributed by atoms with Gasteiger partial charge in [0.25, 0.3) is 0 Å². The molecule has 176 valence electrons. The quantitative estimate of drug-likeness (QED) is 0.196. The minimum absolute atomic E-state index is 0.0748. The summed E-state index contributed by atoms with van der Waals surface area (Å²) in [6, 6.07) is 6.83. The second kappa shape index (κ2) is 10.1. The van der Waals surface area contributed by atoms with E-state index in [9.17, 15) is 35.1 Å². The number of halogens is 8. The fourth-order valence-electron chi connectivity index (χ4n) is 3.34. The minimum atomic E-state index is -4.98. The summed E-state index contributed by atoms with van der Waals surface area (Å²) in [6.07, 6.45) is 0.0612. The Bertz CT molecular complexity index is 1260. The largest absolute Gasteiger partial charge is 0.458 e. The third-order valence-corrected chi connectivity index (χ3v) is 4.88. The standard InChI is InChI=1S/C26H16F8/c1-2-3-4-5-15-6-7-18(20(27)10-15)16-11-23(30)25(24(31)12-16)17-13-21(28)19(22(29)14-17)8-9-26(32,33)34/h2-3,6-7,10-14H,4-5H2,1H3/b3-2+. The molecule has 0 fully saturated rings. The highest BCUT2D eigenvalue weighted by Gasteiger charge is 2.24. The lowest BCUT2D eigenvalue weighted by Gasteiger charge is -2.11. The van der Waals surface area contributed by atoms with Crippen molar-refractivity contribution in [2.24, 2.45) is 0 Å². The van der Waals surface area contributed by atoms with Gasteiger partial charge in [-0.1, -0.05) is 30.2 Å². The fourth-order valence-corrected chi connectivity index (χ4v) is 3.34. The molecule has 0 aliphatic heterocycles. The summed E-state index contributed by atoms with van der Waals surface area (Å²) in [5.74, 6) is -4.15. The van der Waals surface area contributed by atoms with E-state index in [-0.39, 0.29) is 11.1 Å². The van der Waals surface area contributed by atoms with Gasteiger partial charge in [-0.25, -0.2) is 22.0 Å². The monoisotopic (exact) mass is 480 g/mol. The maximum atomic E-state index is 14.8. The molecular weight excluding hydrogens is 464 g/mol. The number of aryl methyl sites for hydroxylation is 1. The Balaban J connectivity index is 1.99. The molecule has 0 N–H and O–H groups in total. The molecular formula is C26H16F8. The topological polar surface area (TPSA) is 0 Å². The molecule has 0 aromatic heterocycles. The maximum absolute atomic E-state index is 14.8. The van der Waals surface area contributed by atoms with Crippen molar-refractivity contribution in [3.05, 3.63) is 94.8 Å². The Morgan fingerprint density at radius 3 is 1.88 bits per heavy atom. The summed E-state index contributed by atoms with van der Waals surface area (Å²) in [4.78, 5) is 0. The van der Waals surface area contributed by atoms with Crippen LogP contribution in [-0.2, 0) is 6.42 Å². The molecule has 0 amide bonds. The first-order valence-corrected chi connectivity index (χ1v) is 9.98. The highest BCUT2D eigenvalue weighted by Crippen LogP contribution is 2.34. The molecule has 34 heavy (non-hydrogen) atoms. The van der Waals surface area contributed by atoms with Crippen LogP contribution in [0.15, 0.2) is 54.6 Å². The molecule has 0 spiro atoms. The van der Waals surface area contributed by atoms with Gasteiger partial charge in [-0.05, 0) is 66.8 Å². The van der Waals surface area contributed by atoms with Crippen LogP contribution in [0.2, 0.25) is 0 Å². The van der Waals surface area contributed by atoms with E-state index in [0.29, 0.717) is 30.5 Å². The van der Waals surface area contributed by atoms with Gasteiger partial charge in [0.1, 0.15) is 29.1 Å². The van der Waals surface area contributed by atoms with Crippen molar-refractivity contribution in [1.82, 2.24) is 0 Å². The lowest BCUT2D eigenvalue weighted by atomic mass is 9.96.